The Morgan fingerprint density at radius 1 is 1.39 bits per heavy atom. The van der Waals surface area contributed by atoms with Gasteiger partial charge >= 0.3 is 0 Å². The van der Waals surface area contributed by atoms with Crippen molar-refractivity contribution in [3.63, 3.8) is 0 Å². The summed E-state index contributed by atoms with van der Waals surface area (Å²) in [5.41, 5.74) is 6.55. The first-order valence-corrected chi connectivity index (χ1v) is 6.07. The number of rotatable bonds is 5. The van der Waals surface area contributed by atoms with E-state index in [1.54, 1.807) is 18.2 Å². The van der Waals surface area contributed by atoms with Gasteiger partial charge in [-0.1, -0.05) is 18.2 Å². The monoisotopic (exact) mass is 249 g/mol. The molecule has 4 heteroatoms. The molecule has 0 radical (unpaired) electrons. The lowest BCUT2D eigenvalue weighted by molar-refractivity contribution is 0.201. The molecule has 0 heterocycles. The highest BCUT2D eigenvalue weighted by Crippen LogP contribution is 2.25. The first-order chi connectivity index (χ1) is 8.47. The van der Waals surface area contributed by atoms with Gasteiger partial charge in [0.2, 0.25) is 0 Å². The number of hydrogen-bond acceptors (Lipinski definition) is 3. The number of hydrogen-bond donors (Lipinski definition) is 1. The van der Waals surface area contributed by atoms with E-state index in [0.717, 1.165) is 0 Å². The molecule has 2 N–H and O–H groups in total. The minimum Gasteiger partial charge on any atom is -0.326 e. The topological polar surface area (TPSA) is 53.0 Å². The van der Waals surface area contributed by atoms with Crippen molar-refractivity contribution >= 4 is 0 Å². The van der Waals surface area contributed by atoms with Gasteiger partial charge in [0.25, 0.3) is 0 Å². The fourth-order valence-corrected chi connectivity index (χ4v) is 2.22. The molecule has 3 unspecified atom stereocenters. The summed E-state index contributed by atoms with van der Waals surface area (Å²) in [6, 6.07) is 8.40. The van der Waals surface area contributed by atoms with Crippen molar-refractivity contribution in [1.29, 1.82) is 5.26 Å². The summed E-state index contributed by atoms with van der Waals surface area (Å²) in [5, 5.41) is 8.85. The van der Waals surface area contributed by atoms with Crippen LogP contribution in [0.1, 0.15) is 25.5 Å². The maximum absolute atomic E-state index is 13.8. The van der Waals surface area contributed by atoms with Crippen molar-refractivity contribution in [2.45, 2.75) is 25.9 Å². The predicted octanol–water partition coefficient (Wildman–Crippen LogP) is 2.31. The molecule has 98 valence electrons. The minimum atomic E-state index is -0.253. The van der Waals surface area contributed by atoms with Crippen LogP contribution < -0.4 is 5.73 Å². The van der Waals surface area contributed by atoms with Crippen molar-refractivity contribution in [2.75, 3.05) is 13.6 Å². The van der Waals surface area contributed by atoms with Crippen LogP contribution in [0.5, 0.6) is 0 Å². The zero-order valence-electron chi connectivity index (χ0n) is 11.1. The van der Waals surface area contributed by atoms with Crippen LogP contribution >= 0.6 is 0 Å². The molecular formula is C14H20FN3. The average Bonchev–Trinajstić information content (AvgIpc) is 2.31. The molecule has 1 rings (SSSR count). The molecule has 0 saturated carbocycles. The molecular weight excluding hydrogens is 229 g/mol. The van der Waals surface area contributed by atoms with Crippen molar-refractivity contribution in [3.05, 3.63) is 35.6 Å². The van der Waals surface area contributed by atoms with Gasteiger partial charge in [0.1, 0.15) is 5.82 Å². The molecule has 3 atom stereocenters. The van der Waals surface area contributed by atoms with Crippen molar-refractivity contribution in [3.8, 4) is 6.07 Å². The second-order valence-corrected chi connectivity index (χ2v) is 4.80. The van der Waals surface area contributed by atoms with Crippen LogP contribution in [0.2, 0.25) is 0 Å². The van der Waals surface area contributed by atoms with Crippen LogP contribution in [0, 0.1) is 23.1 Å². The van der Waals surface area contributed by atoms with Gasteiger partial charge in [0, 0.05) is 18.2 Å². The van der Waals surface area contributed by atoms with Crippen molar-refractivity contribution in [2.24, 2.45) is 11.7 Å². The van der Waals surface area contributed by atoms with Gasteiger partial charge in [0.05, 0.1) is 18.0 Å². The van der Waals surface area contributed by atoms with Crippen LogP contribution in [-0.4, -0.2) is 24.5 Å². The predicted molar refractivity (Wildman–Crippen MR) is 70.2 cm³/mol. The highest BCUT2D eigenvalue weighted by Gasteiger charge is 2.24. The van der Waals surface area contributed by atoms with E-state index in [-0.39, 0.29) is 23.8 Å². The highest BCUT2D eigenvalue weighted by molar-refractivity contribution is 5.22. The molecule has 1 aromatic carbocycles. The fraction of sp³-hybridized carbons (Fsp3) is 0.500. The van der Waals surface area contributed by atoms with E-state index in [4.69, 9.17) is 11.0 Å². The van der Waals surface area contributed by atoms with E-state index in [1.165, 1.54) is 6.07 Å². The Hall–Kier alpha value is -1.44. The summed E-state index contributed by atoms with van der Waals surface area (Å²) in [7, 11) is 1.87. The lowest BCUT2D eigenvalue weighted by atomic mass is 9.98. The summed E-state index contributed by atoms with van der Waals surface area (Å²) < 4.78 is 13.8. The molecule has 18 heavy (non-hydrogen) atoms. The van der Waals surface area contributed by atoms with Gasteiger partial charge in [-0.25, -0.2) is 4.39 Å². The van der Waals surface area contributed by atoms with Gasteiger partial charge in [-0.05, 0) is 27.0 Å². The number of nitrogens with two attached hydrogens (primary N) is 1. The second-order valence-electron chi connectivity index (χ2n) is 4.80. The number of halogens is 1. The third-order valence-electron chi connectivity index (χ3n) is 2.98. The number of likely N-dealkylation sites (N-methyl/N-ethyl adjacent to an activating group) is 1. The Bertz CT molecular complexity index is 425. The molecule has 0 amide bonds. The Morgan fingerprint density at radius 3 is 2.50 bits per heavy atom. The van der Waals surface area contributed by atoms with E-state index < -0.39 is 0 Å². The Kier molecular flexibility index (Phi) is 5.26. The van der Waals surface area contributed by atoms with E-state index in [2.05, 4.69) is 6.07 Å². The normalized spacial score (nSPS) is 16.1. The zero-order chi connectivity index (χ0) is 13.7. The standard InChI is InChI=1S/C14H20FN3/c1-10(8-16)9-18(3)14(11(2)17)12-6-4-5-7-13(12)15/h4-7,10-11,14H,9,17H2,1-3H3. The van der Waals surface area contributed by atoms with Gasteiger partial charge in [0.15, 0.2) is 0 Å². The van der Waals surface area contributed by atoms with Crippen LogP contribution in [0.15, 0.2) is 24.3 Å². The SMILES string of the molecule is CC(C#N)CN(C)C(c1ccccc1F)C(C)N. The maximum Gasteiger partial charge on any atom is 0.128 e. The maximum atomic E-state index is 13.8. The third-order valence-corrected chi connectivity index (χ3v) is 2.98. The quantitative estimate of drug-likeness (QED) is 0.871. The summed E-state index contributed by atoms with van der Waals surface area (Å²) >= 11 is 0. The summed E-state index contributed by atoms with van der Waals surface area (Å²) in [6.07, 6.45) is 0. The second kappa shape index (κ2) is 6.48. The molecule has 0 aromatic heterocycles. The fourth-order valence-electron chi connectivity index (χ4n) is 2.22. The molecule has 0 spiro atoms. The van der Waals surface area contributed by atoms with Gasteiger partial charge < -0.3 is 5.73 Å². The molecule has 3 nitrogen and oxygen atoms in total. The molecule has 0 saturated heterocycles. The number of nitriles is 1. The van der Waals surface area contributed by atoms with Crippen LogP contribution in [0.3, 0.4) is 0 Å². The molecule has 0 aliphatic heterocycles. The summed E-state index contributed by atoms with van der Waals surface area (Å²) in [4.78, 5) is 1.94. The first-order valence-electron chi connectivity index (χ1n) is 6.07. The molecule has 1 aromatic rings. The minimum absolute atomic E-state index is 0.108. The smallest absolute Gasteiger partial charge is 0.128 e. The van der Waals surface area contributed by atoms with Crippen LogP contribution in [-0.2, 0) is 0 Å². The Labute approximate surface area is 108 Å². The molecule has 0 aliphatic rings. The van der Waals surface area contributed by atoms with E-state index in [0.29, 0.717) is 12.1 Å². The zero-order valence-corrected chi connectivity index (χ0v) is 11.1. The van der Waals surface area contributed by atoms with Gasteiger partial charge in [-0.2, -0.15) is 5.26 Å². The summed E-state index contributed by atoms with van der Waals surface area (Å²) in [6.45, 7) is 4.26. The summed E-state index contributed by atoms with van der Waals surface area (Å²) in [5.74, 6) is -0.362. The lowest BCUT2D eigenvalue weighted by Gasteiger charge is -2.32. The van der Waals surface area contributed by atoms with E-state index in [1.807, 2.05) is 25.8 Å². The van der Waals surface area contributed by atoms with Gasteiger partial charge in [-0.3, -0.25) is 4.90 Å². The van der Waals surface area contributed by atoms with Crippen LogP contribution in [0.25, 0.3) is 0 Å². The highest BCUT2D eigenvalue weighted by atomic mass is 19.1. The third kappa shape index (κ3) is 3.52. The lowest BCUT2D eigenvalue weighted by Crippen LogP contribution is -2.39. The van der Waals surface area contributed by atoms with E-state index >= 15 is 0 Å². The number of benzene rings is 1. The Balaban J connectivity index is 2.97. The van der Waals surface area contributed by atoms with Gasteiger partial charge in [-0.15, -0.1) is 0 Å². The van der Waals surface area contributed by atoms with Crippen molar-refractivity contribution < 1.29 is 4.39 Å². The molecule has 0 aliphatic carbocycles. The van der Waals surface area contributed by atoms with Crippen LogP contribution in [0.4, 0.5) is 4.39 Å². The largest absolute Gasteiger partial charge is 0.326 e. The average molecular weight is 249 g/mol. The van der Waals surface area contributed by atoms with E-state index in [9.17, 15) is 4.39 Å². The molecule has 0 bridgehead atoms. The first kappa shape index (κ1) is 14.6. The number of nitrogens with zero attached hydrogens (tertiary/aromatic N) is 2. The Morgan fingerprint density at radius 2 is 2.00 bits per heavy atom. The van der Waals surface area contributed by atoms with Crippen molar-refractivity contribution in [1.82, 2.24) is 4.90 Å². The molecule has 0 fully saturated rings.